The number of nitrogens with zero attached hydrogens (tertiary/aromatic N) is 1. The minimum absolute atomic E-state index is 0.155. The first-order valence-electron chi connectivity index (χ1n) is 9.81. The Labute approximate surface area is 158 Å². The topological polar surface area (TPSA) is 66.5 Å². The highest BCUT2D eigenvalue weighted by Crippen LogP contribution is 2.65. The van der Waals surface area contributed by atoms with Gasteiger partial charge in [0.05, 0.1) is 11.8 Å². The second kappa shape index (κ2) is 5.54. The van der Waals surface area contributed by atoms with Gasteiger partial charge < -0.3 is 5.32 Å². The molecule has 6 rings (SSSR count). The first kappa shape index (κ1) is 16.7. The van der Waals surface area contributed by atoms with E-state index in [0.717, 1.165) is 17.5 Å². The molecule has 2 saturated carbocycles. The summed E-state index contributed by atoms with van der Waals surface area (Å²) in [5.74, 6) is 0.360. The van der Waals surface area contributed by atoms with Gasteiger partial charge in [-0.15, -0.1) is 0 Å². The molecule has 4 aliphatic carbocycles. The first-order valence-corrected chi connectivity index (χ1v) is 9.81. The molecular weight excluding hydrogens is 340 g/mol. The van der Waals surface area contributed by atoms with Crippen LogP contribution in [0.5, 0.6) is 0 Å². The van der Waals surface area contributed by atoms with E-state index in [1.165, 1.54) is 4.90 Å². The summed E-state index contributed by atoms with van der Waals surface area (Å²) in [5.41, 5.74) is 2.81. The molecule has 140 valence electrons. The lowest BCUT2D eigenvalue weighted by atomic mass is 9.63. The predicted octanol–water partition coefficient (Wildman–Crippen LogP) is 2.68. The van der Waals surface area contributed by atoms with E-state index in [1.807, 2.05) is 32.0 Å². The van der Waals surface area contributed by atoms with Crippen molar-refractivity contribution in [2.24, 2.45) is 35.5 Å². The zero-order valence-corrected chi connectivity index (χ0v) is 15.8. The molecule has 0 radical (unpaired) electrons. The Kier molecular flexibility index (Phi) is 3.43. The van der Waals surface area contributed by atoms with Crippen molar-refractivity contribution in [3.05, 3.63) is 41.5 Å². The summed E-state index contributed by atoms with van der Waals surface area (Å²) in [4.78, 5) is 40.2. The van der Waals surface area contributed by atoms with E-state index in [1.54, 1.807) is 6.92 Å². The normalized spacial score (nSPS) is 36.5. The fourth-order valence-corrected chi connectivity index (χ4v) is 5.77. The monoisotopic (exact) mass is 364 g/mol. The second-order valence-electron chi connectivity index (χ2n) is 8.74. The number of allylic oxidation sites excluding steroid dienone is 2. The van der Waals surface area contributed by atoms with Crippen LogP contribution in [0, 0.1) is 49.4 Å². The van der Waals surface area contributed by atoms with Crippen LogP contribution >= 0.6 is 0 Å². The number of aryl methyl sites for hydroxylation is 2. The molecule has 3 amide bonds. The molecule has 1 saturated heterocycles. The summed E-state index contributed by atoms with van der Waals surface area (Å²) in [6, 6.07) is 5.02. The molecule has 0 unspecified atom stereocenters. The predicted molar refractivity (Wildman–Crippen MR) is 101 cm³/mol. The Bertz CT molecular complexity index is 849. The highest BCUT2D eigenvalue weighted by Gasteiger charge is 2.67. The Morgan fingerprint density at radius 2 is 1.52 bits per heavy atom. The number of rotatable bonds is 3. The number of amides is 3. The third-order valence-corrected chi connectivity index (χ3v) is 6.95. The lowest BCUT2D eigenvalue weighted by Crippen LogP contribution is -2.46. The third kappa shape index (κ3) is 2.33. The van der Waals surface area contributed by atoms with Crippen LogP contribution in [0.15, 0.2) is 30.4 Å². The summed E-state index contributed by atoms with van der Waals surface area (Å²) in [6.45, 7) is 5.60. The van der Waals surface area contributed by atoms with Gasteiger partial charge in [-0.1, -0.05) is 18.2 Å². The molecule has 2 bridgehead atoms. The largest absolute Gasteiger partial charge is 0.324 e. The molecule has 0 spiro atoms. The van der Waals surface area contributed by atoms with E-state index in [4.69, 9.17) is 0 Å². The van der Waals surface area contributed by atoms with E-state index >= 15 is 0 Å². The molecule has 1 heterocycles. The molecule has 27 heavy (non-hydrogen) atoms. The van der Waals surface area contributed by atoms with E-state index in [9.17, 15) is 14.4 Å². The van der Waals surface area contributed by atoms with Crippen molar-refractivity contribution in [3.63, 3.8) is 0 Å². The van der Waals surface area contributed by atoms with E-state index in [0.29, 0.717) is 17.5 Å². The number of imide groups is 1. The SMILES string of the molecule is Cc1cc(C)cc(NC(=O)[C@H](C)N2C(=O)[C@@H]3[C@H]4C=C[C@@H]([C@@H]5C[C@H]45)[C@@H]3C2=O)c1. The fraction of sp³-hybridized carbons (Fsp3) is 0.500. The second-order valence-corrected chi connectivity index (χ2v) is 8.74. The van der Waals surface area contributed by atoms with Crippen molar-refractivity contribution in [1.82, 2.24) is 4.90 Å². The molecule has 7 atom stereocenters. The van der Waals surface area contributed by atoms with Crippen molar-refractivity contribution >= 4 is 23.4 Å². The summed E-state index contributed by atoms with van der Waals surface area (Å²) >= 11 is 0. The summed E-state index contributed by atoms with van der Waals surface area (Å²) in [7, 11) is 0. The molecule has 1 aromatic rings. The van der Waals surface area contributed by atoms with Crippen molar-refractivity contribution in [2.45, 2.75) is 33.2 Å². The van der Waals surface area contributed by atoms with Crippen LogP contribution in [0.1, 0.15) is 24.5 Å². The summed E-state index contributed by atoms with van der Waals surface area (Å²) < 4.78 is 0. The highest BCUT2D eigenvalue weighted by molar-refractivity contribution is 6.10. The molecule has 5 nitrogen and oxygen atoms in total. The van der Waals surface area contributed by atoms with Crippen molar-refractivity contribution in [3.8, 4) is 0 Å². The number of anilines is 1. The molecule has 5 heteroatoms. The molecule has 3 fully saturated rings. The number of hydrogen-bond acceptors (Lipinski definition) is 3. The maximum absolute atomic E-state index is 13.1. The lowest BCUT2D eigenvalue weighted by Gasteiger charge is -2.37. The minimum atomic E-state index is -0.799. The van der Waals surface area contributed by atoms with Crippen LogP contribution in [0.2, 0.25) is 0 Å². The van der Waals surface area contributed by atoms with Crippen molar-refractivity contribution in [2.75, 3.05) is 5.32 Å². The molecule has 1 aliphatic heterocycles. The van der Waals surface area contributed by atoms with Crippen molar-refractivity contribution in [1.29, 1.82) is 0 Å². The van der Waals surface area contributed by atoms with Gasteiger partial charge in [-0.2, -0.15) is 0 Å². The zero-order valence-electron chi connectivity index (χ0n) is 15.8. The Morgan fingerprint density at radius 3 is 2.04 bits per heavy atom. The van der Waals surface area contributed by atoms with Crippen LogP contribution in [0.25, 0.3) is 0 Å². The smallest absolute Gasteiger partial charge is 0.247 e. The number of nitrogens with one attached hydrogen (secondary N) is 1. The lowest BCUT2D eigenvalue weighted by molar-refractivity contribution is -0.146. The fourth-order valence-electron chi connectivity index (χ4n) is 5.77. The molecule has 5 aliphatic rings. The van der Waals surface area contributed by atoms with Crippen LogP contribution in [0.3, 0.4) is 0 Å². The van der Waals surface area contributed by atoms with Gasteiger partial charge in [0, 0.05) is 5.69 Å². The number of carbonyl (C=O) groups is 3. The first-order chi connectivity index (χ1) is 12.9. The van der Waals surface area contributed by atoms with Gasteiger partial charge >= 0.3 is 0 Å². The number of benzene rings is 1. The van der Waals surface area contributed by atoms with Crippen molar-refractivity contribution < 1.29 is 14.4 Å². The summed E-state index contributed by atoms with van der Waals surface area (Å²) in [6.07, 6.45) is 5.43. The average molecular weight is 364 g/mol. The van der Waals surface area contributed by atoms with Gasteiger partial charge in [-0.05, 0) is 74.1 Å². The quantitative estimate of drug-likeness (QED) is 0.662. The Balaban J connectivity index is 1.38. The number of carbonyl (C=O) groups excluding carboxylic acids is 3. The van der Waals surface area contributed by atoms with Gasteiger partial charge in [0.1, 0.15) is 6.04 Å². The zero-order chi connectivity index (χ0) is 19.0. The standard InChI is InChI=1S/C22H24N2O3/c1-10-6-11(2)8-13(7-10)23-20(25)12(3)24-21(26)18-14-4-5-15(17-9-16(14)17)19(18)22(24)27/h4-8,12,14-19H,9H2,1-3H3,(H,23,25)/t12-,14-,15-,16-,17+,18-,19+/m0/s1. The van der Waals surface area contributed by atoms with Gasteiger partial charge in [0.15, 0.2) is 0 Å². The van der Waals surface area contributed by atoms with Crippen LogP contribution < -0.4 is 5.32 Å². The minimum Gasteiger partial charge on any atom is -0.324 e. The van der Waals surface area contributed by atoms with Gasteiger partial charge in [0.25, 0.3) is 0 Å². The Morgan fingerprint density at radius 1 is 1.00 bits per heavy atom. The highest BCUT2D eigenvalue weighted by atomic mass is 16.2. The van der Waals surface area contributed by atoms with Gasteiger partial charge in [-0.3, -0.25) is 19.3 Å². The van der Waals surface area contributed by atoms with Gasteiger partial charge in [0.2, 0.25) is 17.7 Å². The molecule has 1 N–H and O–H groups in total. The molecular formula is C22H24N2O3. The molecule has 0 aromatic heterocycles. The van der Waals surface area contributed by atoms with Crippen LogP contribution in [-0.2, 0) is 14.4 Å². The Hall–Kier alpha value is -2.43. The van der Waals surface area contributed by atoms with Gasteiger partial charge in [-0.25, -0.2) is 0 Å². The third-order valence-electron chi connectivity index (χ3n) is 6.95. The van der Waals surface area contributed by atoms with E-state index in [-0.39, 0.29) is 41.4 Å². The van der Waals surface area contributed by atoms with Crippen LogP contribution in [0.4, 0.5) is 5.69 Å². The summed E-state index contributed by atoms with van der Waals surface area (Å²) in [5, 5.41) is 2.88. The van der Waals surface area contributed by atoms with E-state index < -0.39 is 6.04 Å². The number of hydrogen-bond donors (Lipinski definition) is 1. The molecule has 1 aromatic carbocycles. The van der Waals surface area contributed by atoms with Crippen LogP contribution in [-0.4, -0.2) is 28.7 Å². The average Bonchev–Trinajstić information content (AvgIpc) is 3.38. The maximum atomic E-state index is 13.1. The maximum Gasteiger partial charge on any atom is 0.247 e. The van der Waals surface area contributed by atoms with E-state index in [2.05, 4.69) is 17.5 Å². The number of likely N-dealkylation sites (tertiary alicyclic amines) is 1.